The molecular weight excluding hydrogens is 425 g/mol. The maximum absolute atomic E-state index is 5.43. The third-order valence-corrected chi connectivity index (χ3v) is 3.93. The minimum Gasteiger partial charge on any atom is -0.493 e. The standard InChI is InChI=1S/C16H21N3O2S.HI/c1-17-16(18-9-12-7-8-22-11-12)19-10-13-5-4-6-14(20-2)15(13)21-3;/h4-8,11H,9-10H2,1-3H3,(H2,17,18,19);1H. The third kappa shape index (κ3) is 5.58. The van der Waals surface area contributed by atoms with Crippen LogP contribution in [0.5, 0.6) is 11.5 Å². The molecular formula is C16H22IN3O2S. The summed E-state index contributed by atoms with van der Waals surface area (Å²) in [5.41, 5.74) is 2.26. The van der Waals surface area contributed by atoms with Gasteiger partial charge in [0.2, 0.25) is 0 Å². The monoisotopic (exact) mass is 447 g/mol. The Kier molecular flexibility index (Phi) is 8.78. The van der Waals surface area contributed by atoms with Gasteiger partial charge in [0.1, 0.15) is 0 Å². The van der Waals surface area contributed by atoms with Crippen molar-refractivity contribution in [2.45, 2.75) is 13.1 Å². The van der Waals surface area contributed by atoms with Crippen molar-refractivity contribution in [3.63, 3.8) is 0 Å². The molecule has 5 nitrogen and oxygen atoms in total. The van der Waals surface area contributed by atoms with E-state index >= 15 is 0 Å². The van der Waals surface area contributed by atoms with Crippen LogP contribution in [0.25, 0.3) is 0 Å². The number of nitrogens with one attached hydrogen (secondary N) is 2. The Morgan fingerprint density at radius 3 is 2.52 bits per heavy atom. The van der Waals surface area contributed by atoms with Gasteiger partial charge in [0.05, 0.1) is 14.2 Å². The summed E-state index contributed by atoms with van der Waals surface area (Å²) in [6.07, 6.45) is 0. The molecule has 0 atom stereocenters. The number of rotatable bonds is 6. The zero-order valence-corrected chi connectivity index (χ0v) is 16.6. The van der Waals surface area contributed by atoms with Gasteiger partial charge in [-0.3, -0.25) is 4.99 Å². The number of halogens is 1. The molecule has 1 heterocycles. The van der Waals surface area contributed by atoms with Crippen molar-refractivity contribution in [1.82, 2.24) is 10.6 Å². The maximum Gasteiger partial charge on any atom is 0.191 e. The number of hydrogen-bond acceptors (Lipinski definition) is 4. The molecule has 0 aliphatic heterocycles. The molecule has 126 valence electrons. The molecule has 0 fully saturated rings. The van der Waals surface area contributed by atoms with Crippen LogP contribution in [0.2, 0.25) is 0 Å². The summed E-state index contributed by atoms with van der Waals surface area (Å²) in [5.74, 6) is 2.21. The Morgan fingerprint density at radius 2 is 1.91 bits per heavy atom. The van der Waals surface area contributed by atoms with Gasteiger partial charge >= 0.3 is 0 Å². The highest BCUT2D eigenvalue weighted by molar-refractivity contribution is 14.0. The molecule has 1 aromatic carbocycles. The number of nitrogens with zero attached hydrogens (tertiary/aromatic N) is 1. The third-order valence-electron chi connectivity index (χ3n) is 3.19. The Balaban J connectivity index is 0.00000264. The summed E-state index contributed by atoms with van der Waals surface area (Å²) in [7, 11) is 5.03. The van der Waals surface area contributed by atoms with Gasteiger partial charge in [0, 0.05) is 25.7 Å². The zero-order valence-electron chi connectivity index (χ0n) is 13.5. The molecule has 0 saturated heterocycles. The van der Waals surface area contributed by atoms with Crippen molar-refractivity contribution in [3.05, 3.63) is 46.2 Å². The van der Waals surface area contributed by atoms with E-state index < -0.39 is 0 Å². The van der Waals surface area contributed by atoms with E-state index in [9.17, 15) is 0 Å². The van der Waals surface area contributed by atoms with Crippen LogP contribution in [0.1, 0.15) is 11.1 Å². The van der Waals surface area contributed by atoms with Gasteiger partial charge in [-0.1, -0.05) is 12.1 Å². The predicted octanol–water partition coefficient (Wildman–Crippen LogP) is 3.25. The van der Waals surface area contributed by atoms with Crippen LogP contribution >= 0.6 is 35.3 Å². The smallest absolute Gasteiger partial charge is 0.191 e. The highest BCUT2D eigenvalue weighted by atomic mass is 127. The summed E-state index contributed by atoms with van der Waals surface area (Å²) < 4.78 is 10.7. The topological polar surface area (TPSA) is 54.9 Å². The lowest BCUT2D eigenvalue weighted by molar-refractivity contribution is 0.351. The first kappa shape index (κ1) is 19.6. The lowest BCUT2D eigenvalue weighted by Crippen LogP contribution is -2.36. The number of ether oxygens (including phenoxy) is 2. The molecule has 0 amide bonds. The number of methoxy groups -OCH3 is 2. The van der Waals surface area contributed by atoms with Crippen molar-refractivity contribution in [2.24, 2.45) is 4.99 Å². The summed E-state index contributed by atoms with van der Waals surface area (Å²) >= 11 is 1.69. The van der Waals surface area contributed by atoms with Crippen molar-refractivity contribution in [1.29, 1.82) is 0 Å². The Hall–Kier alpha value is -1.48. The van der Waals surface area contributed by atoms with Crippen molar-refractivity contribution in [3.8, 4) is 11.5 Å². The Labute approximate surface area is 158 Å². The number of hydrogen-bond donors (Lipinski definition) is 2. The van der Waals surface area contributed by atoms with Gasteiger partial charge < -0.3 is 20.1 Å². The first-order valence-corrected chi connectivity index (χ1v) is 7.88. The normalized spacial score (nSPS) is 10.7. The molecule has 0 radical (unpaired) electrons. The molecule has 0 aliphatic rings. The minimum atomic E-state index is 0. The number of aliphatic imine (C=N–C) groups is 1. The van der Waals surface area contributed by atoms with Gasteiger partial charge in [-0.2, -0.15) is 11.3 Å². The molecule has 2 N–H and O–H groups in total. The summed E-state index contributed by atoms with van der Waals surface area (Å²) in [5, 5.41) is 10.7. The second-order valence-corrected chi connectivity index (χ2v) is 5.34. The number of guanidine groups is 1. The molecule has 0 aliphatic carbocycles. The maximum atomic E-state index is 5.43. The largest absolute Gasteiger partial charge is 0.493 e. The molecule has 0 saturated carbocycles. The molecule has 23 heavy (non-hydrogen) atoms. The molecule has 2 aromatic rings. The zero-order chi connectivity index (χ0) is 15.8. The van der Waals surface area contributed by atoms with Gasteiger partial charge in [0.25, 0.3) is 0 Å². The van der Waals surface area contributed by atoms with E-state index in [0.29, 0.717) is 6.54 Å². The lowest BCUT2D eigenvalue weighted by atomic mass is 10.2. The van der Waals surface area contributed by atoms with Crippen LogP contribution in [0.3, 0.4) is 0 Å². The first-order chi connectivity index (χ1) is 10.8. The van der Waals surface area contributed by atoms with E-state index in [-0.39, 0.29) is 24.0 Å². The van der Waals surface area contributed by atoms with Crippen LogP contribution in [0.4, 0.5) is 0 Å². The molecule has 0 spiro atoms. The van der Waals surface area contributed by atoms with Crippen LogP contribution in [-0.4, -0.2) is 27.2 Å². The second kappa shape index (κ2) is 10.3. The van der Waals surface area contributed by atoms with Crippen molar-refractivity contribution in [2.75, 3.05) is 21.3 Å². The van der Waals surface area contributed by atoms with Gasteiger partial charge in [-0.15, -0.1) is 24.0 Å². The molecule has 0 unspecified atom stereocenters. The van der Waals surface area contributed by atoms with E-state index in [1.54, 1.807) is 32.6 Å². The summed E-state index contributed by atoms with van der Waals surface area (Å²) in [6, 6.07) is 7.92. The fourth-order valence-corrected chi connectivity index (χ4v) is 2.74. The second-order valence-electron chi connectivity index (χ2n) is 4.56. The van der Waals surface area contributed by atoms with Gasteiger partial charge in [-0.05, 0) is 28.5 Å². The Bertz CT molecular complexity index is 618. The lowest BCUT2D eigenvalue weighted by Gasteiger charge is -2.15. The fourth-order valence-electron chi connectivity index (χ4n) is 2.07. The average molecular weight is 447 g/mol. The van der Waals surface area contributed by atoms with Crippen LogP contribution in [0, 0.1) is 0 Å². The quantitative estimate of drug-likeness (QED) is 0.406. The summed E-state index contributed by atoms with van der Waals surface area (Å²) in [4.78, 5) is 4.23. The Morgan fingerprint density at radius 1 is 1.13 bits per heavy atom. The molecule has 7 heteroatoms. The van der Waals surface area contributed by atoms with Crippen molar-refractivity contribution < 1.29 is 9.47 Å². The highest BCUT2D eigenvalue weighted by Crippen LogP contribution is 2.30. The number of para-hydroxylation sites is 1. The average Bonchev–Trinajstić information content (AvgIpc) is 3.08. The van der Waals surface area contributed by atoms with E-state index in [0.717, 1.165) is 29.6 Å². The molecule has 0 bridgehead atoms. The van der Waals surface area contributed by atoms with E-state index in [1.807, 2.05) is 18.2 Å². The van der Waals surface area contributed by atoms with Gasteiger partial charge in [-0.25, -0.2) is 0 Å². The van der Waals surface area contributed by atoms with E-state index in [2.05, 4.69) is 32.5 Å². The van der Waals surface area contributed by atoms with E-state index in [4.69, 9.17) is 9.47 Å². The first-order valence-electron chi connectivity index (χ1n) is 6.94. The minimum absolute atomic E-state index is 0. The number of benzene rings is 1. The number of thiophene rings is 1. The highest BCUT2D eigenvalue weighted by Gasteiger charge is 2.09. The van der Waals surface area contributed by atoms with Crippen LogP contribution in [0.15, 0.2) is 40.0 Å². The van der Waals surface area contributed by atoms with Crippen LogP contribution in [-0.2, 0) is 13.1 Å². The predicted molar refractivity (Wildman–Crippen MR) is 106 cm³/mol. The fraction of sp³-hybridized carbons (Fsp3) is 0.312. The van der Waals surface area contributed by atoms with Crippen LogP contribution < -0.4 is 20.1 Å². The van der Waals surface area contributed by atoms with Gasteiger partial charge in [0.15, 0.2) is 17.5 Å². The van der Waals surface area contributed by atoms with E-state index in [1.165, 1.54) is 5.56 Å². The SMILES string of the molecule is CN=C(NCc1ccsc1)NCc1cccc(OC)c1OC.I. The molecule has 2 rings (SSSR count). The van der Waals surface area contributed by atoms with Crippen molar-refractivity contribution >= 4 is 41.3 Å². The molecule has 1 aromatic heterocycles. The summed E-state index contributed by atoms with van der Waals surface area (Å²) in [6.45, 7) is 1.35.